The van der Waals surface area contributed by atoms with Crippen LogP contribution >= 0.6 is 11.8 Å². The van der Waals surface area contributed by atoms with Gasteiger partial charge in [-0.3, -0.25) is 0 Å². The number of hydrogen-bond donors (Lipinski definition) is 0. The van der Waals surface area contributed by atoms with E-state index in [1.54, 1.807) is 4.68 Å². The number of nitrogens with zero attached hydrogens (tertiary/aromatic N) is 2. The van der Waals surface area contributed by atoms with E-state index in [9.17, 15) is 5.11 Å². The predicted molar refractivity (Wildman–Crippen MR) is 38.3 cm³/mol. The first-order chi connectivity index (χ1) is 5.16. The van der Waals surface area contributed by atoms with Gasteiger partial charge in [0, 0.05) is 0 Å². The number of hydrogen-bond acceptors (Lipinski definition) is 4. The van der Waals surface area contributed by atoms with Crippen molar-refractivity contribution in [3.8, 4) is 5.95 Å². The second-order valence-corrected chi connectivity index (χ2v) is 3.20. The van der Waals surface area contributed by atoms with E-state index in [4.69, 9.17) is 0 Å². The van der Waals surface area contributed by atoms with Crippen molar-refractivity contribution in [2.24, 2.45) is 0 Å². The fourth-order valence-electron chi connectivity index (χ4n) is 0.756. The first-order valence-electron chi connectivity index (χ1n) is 3.29. The Balaban J connectivity index is 3.05. The summed E-state index contributed by atoms with van der Waals surface area (Å²) in [5.41, 5.74) is 0. The molecule has 1 aromatic rings. The van der Waals surface area contributed by atoms with E-state index >= 15 is 0 Å². The van der Waals surface area contributed by atoms with Crippen LogP contribution in [0.15, 0.2) is 9.55 Å². The van der Waals surface area contributed by atoms with Crippen LogP contribution in [-0.2, 0) is 0 Å². The Labute approximate surface area is 69.2 Å². The lowest BCUT2D eigenvalue weighted by molar-refractivity contribution is -0.810. The normalized spacial score (nSPS) is 10.9. The molecule has 0 N–H and O–H groups in total. The Morgan fingerprint density at radius 2 is 2.27 bits per heavy atom. The van der Waals surface area contributed by atoms with Crippen LogP contribution in [0.4, 0.5) is 0 Å². The number of aromatic nitrogens is 2. The van der Waals surface area contributed by atoms with Gasteiger partial charge in [0.15, 0.2) is 12.0 Å². The zero-order chi connectivity index (χ0) is 8.43. The molecule has 0 aliphatic carbocycles. The maximum atomic E-state index is 10.9. The van der Waals surface area contributed by atoms with Crippen LogP contribution in [0.3, 0.4) is 0 Å². The third kappa shape index (κ3) is 1.48. The van der Waals surface area contributed by atoms with Gasteiger partial charge in [0.05, 0.1) is 5.27 Å². The van der Waals surface area contributed by atoms with E-state index in [-0.39, 0.29) is 12.0 Å². The van der Waals surface area contributed by atoms with E-state index < -0.39 is 0 Å². The van der Waals surface area contributed by atoms with Crippen LogP contribution in [0.1, 0.15) is 19.9 Å². The van der Waals surface area contributed by atoms with E-state index in [2.05, 4.69) is 9.79 Å². The molecule has 0 amide bonds. The molecule has 1 rings (SSSR count). The fourth-order valence-corrected chi connectivity index (χ4v) is 1.39. The summed E-state index contributed by atoms with van der Waals surface area (Å²) in [6.45, 7) is 3.89. The molecule has 0 radical (unpaired) electrons. The molecule has 5 heteroatoms. The summed E-state index contributed by atoms with van der Waals surface area (Å²) in [5, 5.41) is 15.1. The lowest BCUT2D eigenvalue weighted by Crippen LogP contribution is -2.39. The van der Waals surface area contributed by atoms with Gasteiger partial charge in [0.1, 0.15) is 0 Å². The smallest absolute Gasteiger partial charge is 0.291 e. The molecular formula is C6H10N2O2S. The van der Waals surface area contributed by atoms with Crippen LogP contribution in [0, 0.1) is 0 Å². The summed E-state index contributed by atoms with van der Waals surface area (Å²) in [4.78, 5) is 0. The minimum atomic E-state index is -0.355. The first kappa shape index (κ1) is 8.39. The monoisotopic (exact) mass is 174 g/mol. The highest BCUT2D eigenvalue weighted by atomic mass is 32.2. The Morgan fingerprint density at radius 3 is 2.64 bits per heavy atom. The lowest BCUT2D eigenvalue weighted by Gasteiger charge is -1.95. The molecule has 0 atom stereocenters. The summed E-state index contributed by atoms with van der Waals surface area (Å²) >= 11 is 1.35. The third-order valence-electron chi connectivity index (χ3n) is 1.28. The lowest BCUT2D eigenvalue weighted by atomic mass is 10.4. The van der Waals surface area contributed by atoms with Gasteiger partial charge in [-0.05, 0) is 20.1 Å². The zero-order valence-electron chi connectivity index (χ0n) is 6.70. The molecule has 0 bridgehead atoms. The topological polar surface area (TPSA) is 53.0 Å². The average Bonchev–Trinajstić information content (AvgIpc) is 2.30. The van der Waals surface area contributed by atoms with Crippen LogP contribution in [0.2, 0.25) is 0 Å². The largest absolute Gasteiger partial charge is 0.538 e. The van der Waals surface area contributed by atoms with Crippen molar-refractivity contribution in [1.29, 1.82) is 0 Å². The van der Waals surface area contributed by atoms with Crippen molar-refractivity contribution in [2.45, 2.75) is 24.9 Å². The van der Waals surface area contributed by atoms with Crippen molar-refractivity contribution in [1.82, 2.24) is 5.27 Å². The quantitative estimate of drug-likeness (QED) is 0.479. The van der Waals surface area contributed by atoms with E-state index in [0.717, 1.165) is 0 Å². The SMILES string of the molecule is CSc1c([O-])on[n+]1C(C)C. The maximum Gasteiger partial charge on any atom is 0.291 e. The summed E-state index contributed by atoms with van der Waals surface area (Å²) in [7, 11) is 0. The second kappa shape index (κ2) is 3.13. The Hall–Kier alpha value is -0.710. The molecule has 0 unspecified atom stereocenters. The number of rotatable bonds is 2. The first-order valence-corrected chi connectivity index (χ1v) is 4.51. The van der Waals surface area contributed by atoms with Crippen LogP contribution in [0.25, 0.3) is 0 Å². The summed E-state index contributed by atoms with van der Waals surface area (Å²) in [5.74, 6) is -0.355. The van der Waals surface area contributed by atoms with E-state index in [1.807, 2.05) is 20.1 Å². The molecular weight excluding hydrogens is 164 g/mol. The average molecular weight is 174 g/mol. The van der Waals surface area contributed by atoms with Gasteiger partial charge >= 0.3 is 0 Å². The van der Waals surface area contributed by atoms with Gasteiger partial charge in [-0.15, -0.1) is 0 Å². The highest BCUT2D eigenvalue weighted by molar-refractivity contribution is 7.98. The molecule has 0 fully saturated rings. The molecule has 4 nitrogen and oxygen atoms in total. The molecule has 0 saturated carbocycles. The minimum absolute atomic E-state index is 0.170. The Kier molecular flexibility index (Phi) is 2.38. The predicted octanol–water partition coefficient (Wildman–Crippen LogP) is 0.338. The standard InChI is InChI=1S/C6H10N2O2S/c1-4(2)8-5(11-3)6(9)10-7-8/h4H,1-3H3. The molecule has 0 aliphatic rings. The molecule has 1 heterocycles. The molecule has 62 valence electrons. The fraction of sp³-hybridized carbons (Fsp3) is 0.667. The highest BCUT2D eigenvalue weighted by Crippen LogP contribution is 2.19. The second-order valence-electron chi connectivity index (χ2n) is 2.41. The van der Waals surface area contributed by atoms with E-state index in [0.29, 0.717) is 5.03 Å². The van der Waals surface area contributed by atoms with Crippen LogP contribution in [-0.4, -0.2) is 11.5 Å². The molecule has 0 spiro atoms. The van der Waals surface area contributed by atoms with Crippen molar-refractivity contribution < 1.29 is 14.3 Å². The molecule has 11 heavy (non-hydrogen) atoms. The maximum absolute atomic E-state index is 10.9. The van der Waals surface area contributed by atoms with Gasteiger partial charge in [0.2, 0.25) is 0 Å². The molecule has 0 saturated heterocycles. The van der Waals surface area contributed by atoms with Gasteiger partial charge in [-0.1, -0.05) is 16.4 Å². The third-order valence-corrected chi connectivity index (χ3v) is 2.02. The van der Waals surface area contributed by atoms with Crippen molar-refractivity contribution in [2.75, 3.05) is 6.26 Å². The summed E-state index contributed by atoms with van der Waals surface area (Å²) in [6.07, 6.45) is 1.83. The van der Waals surface area contributed by atoms with Crippen LogP contribution < -0.4 is 9.79 Å². The minimum Gasteiger partial charge on any atom is -0.538 e. The van der Waals surface area contributed by atoms with Crippen LogP contribution in [0.5, 0.6) is 5.95 Å². The Morgan fingerprint density at radius 1 is 1.64 bits per heavy atom. The van der Waals surface area contributed by atoms with Crippen molar-refractivity contribution >= 4 is 11.8 Å². The van der Waals surface area contributed by atoms with Gasteiger partial charge in [0.25, 0.3) is 5.03 Å². The van der Waals surface area contributed by atoms with Crippen molar-refractivity contribution in [3.05, 3.63) is 0 Å². The molecule has 0 aromatic carbocycles. The summed E-state index contributed by atoms with van der Waals surface area (Å²) < 4.78 is 6.06. The van der Waals surface area contributed by atoms with Gasteiger partial charge in [-0.2, -0.15) is 0 Å². The summed E-state index contributed by atoms with van der Waals surface area (Å²) in [6, 6.07) is 0.170. The van der Waals surface area contributed by atoms with Gasteiger partial charge < -0.3 is 9.63 Å². The van der Waals surface area contributed by atoms with Crippen molar-refractivity contribution in [3.63, 3.8) is 0 Å². The highest BCUT2D eigenvalue weighted by Gasteiger charge is 2.18. The van der Waals surface area contributed by atoms with Gasteiger partial charge in [-0.25, -0.2) is 0 Å². The zero-order valence-corrected chi connectivity index (χ0v) is 7.51. The molecule has 1 aromatic heterocycles. The number of thioether (sulfide) groups is 1. The Bertz CT molecular complexity index is 247. The van der Waals surface area contributed by atoms with E-state index in [1.165, 1.54) is 11.8 Å². The molecule has 0 aliphatic heterocycles.